The average molecular weight is 237 g/mol. The molecule has 1 fully saturated rings. The summed E-state index contributed by atoms with van der Waals surface area (Å²) in [5, 5.41) is 3.65. The van der Waals surface area contributed by atoms with Crippen molar-refractivity contribution in [2.24, 2.45) is 5.92 Å². The molecule has 1 aromatic rings. The zero-order chi connectivity index (χ0) is 11.9. The Morgan fingerprint density at radius 3 is 3.12 bits per heavy atom. The van der Waals surface area contributed by atoms with E-state index in [4.69, 9.17) is 9.15 Å². The molecule has 0 amide bonds. The SMILES string of the molecule is CCCNC(CCc1ccco1)C1CCOC1. The van der Waals surface area contributed by atoms with Gasteiger partial charge in [-0.05, 0) is 43.9 Å². The lowest BCUT2D eigenvalue weighted by atomic mass is 9.94. The highest BCUT2D eigenvalue weighted by Gasteiger charge is 2.25. The van der Waals surface area contributed by atoms with Gasteiger partial charge in [0.2, 0.25) is 0 Å². The number of nitrogens with one attached hydrogen (secondary N) is 1. The van der Waals surface area contributed by atoms with Crippen molar-refractivity contribution in [2.75, 3.05) is 19.8 Å². The summed E-state index contributed by atoms with van der Waals surface area (Å²) in [6.07, 6.45) is 6.29. The van der Waals surface area contributed by atoms with Gasteiger partial charge in [0.05, 0.1) is 12.9 Å². The van der Waals surface area contributed by atoms with E-state index in [1.165, 1.54) is 12.8 Å². The van der Waals surface area contributed by atoms with Crippen LogP contribution in [-0.4, -0.2) is 25.8 Å². The predicted molar refractivity (Wildman–Crippen MR) is 68.0 cm³/mol. The Kier molecular flexibility index (Phi) is 5.08. The second kappa shape index (κ2) is 6.82. The van der Waals surface area contributed by atoms with E-state index in [0.717, 1.165) is 38.4 Å². The van der Waals surface area contributed by atoms with E-state index < -0.39 is 0 Å². The molecule has 1 aromatic heterocycles. The highest BCUT2D eigenvalue weighted by molar-refractivity contribution is 4.99. The summed E-state index contributed by atoms with van der Waals surface area (Å²) in [4.78, 5) is 0. The smallest absolute Gasteiger partial charge is 0.103 e. The minimum atomic E-state index is 0.572. The summed E-state index contributed by atoms with van der Waals surface area (Å²) in [5.41, 5.74) is 0. The Labute approximate surface area is 104 Å². The van der Waals surface area contributed by atoms with Crippen molar-refractivity contribution in [3.05, 3.63) is 24.2 Å². The van der Waals surface area contributed by atoms with E-state index >= 15 is 0 Å². The number of aryl methyl sites for hydroxylation is 1. The summed E-state index contributed by atoms with van der Waals surface area (Å²) in [6, 6.07) is 4.59. The summed E-state index contributed by atoms with van der Waals surface area (Å²) < 4.78 is 10.9. The molecule has 0 aliphatic carbocycles. The molecule has 3 nitrogen and oxygen atoms in total. The van der Waals surface area contributed by atoms with Crippen molar-refractivity contribution >= 4 is 0 Å². The fourth-order valence-electron chi connectivity index (χ4n) is 2.46. The first-order chi connectivity index (χ1) is 8.40. The molecular weight excluding hydrogens is 214 g/mol. The van der Waals surface area contributed by atoms with Crippen LogP contribution in [0.1, 0.15) is 31.9 Å². The van der Waals surface area contributed by atoms with Gasteiger partial charge in [0, 0.05) is 19.1 Å². The maximum atomic E-state index is 5.49. The minimum Gasteiger partial charge on any atom is -0.469 e. The van der Waals surface area contributed by atoms with Crippen molar-refractivity contribution in [1.82, 2.24) is 5.32 Å². The van der Waals surface area contributed by atoms with Crippen LogP contribution in [0.3, 0.4) is 0 Å². The normalized spacial score (nSPS) is 21.8. The third kappa shape index (κ3) is 3.86. The fourth-order valence-corrected chi connectivity index (χ4v) is 2.46. The standard InChI is InChI=1S/C14H23NO2/c1-2-8-15-14(12-7-10-16-11-12)6-5-13-4-3-9-17-13/h3-4,9,12,14-15H,2,5-8,10-11H2,1H3. The van der Waals surface area contributed by atoms with Gasteiger partial charge in [0.1, 0.15) is 5.76 Å². The Balaban J connectivity index is 1.81. The molecule has 2 atom stereocenters. The van der Waals surface area contributed by atoms with Gasteiger partial charge in [-0.25, -0.2) is 0 Å². The molecule has 96 valence electrons. The van der Waals surface area contributed by atoms with Crippen molar-refractivity contribution < 1.29 is 9.15 Å². The van der Waals surface area contributed by atoms with E-state index in [1.54, 1.807) is 6.26 Å². The molecule has 2 rings (SSSR count). The van der Waals surface area contributed by atoms with Crippen LogP contribution in [0.2, 0.25) is 0 Å². The fraction of sp³-hybridized carbons (Fsp3) is 0.714. The summed E-state index contributed by atoms with van der Waals surface area (Å²) in [7, 11) is 0. The third-order valence-corrected chi connectivity index (χ3v) is 3.47. The zero-order valence-electron chi connectivity index (χ0n) is 10.7. The van der Waals surface area contributed by atoms with Gasteiger partial charge in [-0.2, -0.15) is 0 Å². The molecule has 17 heavy (non-hydrogen) atoms. The first-order valence-electron chi connectivity index (χ1n) is 6.73. The van der Waals surface area contributed by atoms with Gasteiger partial charge >= 0.3 is 0 Å². The van der Waals surface area contributed by atoms with Crippen LogP contribution in [0.5, 0.6) is 0 Å². The molecular formula is C14H23NO2. The summed E-state index contributed by atoms with van der Waals surface area (Å²) in [6.45, 7) is 5.15. The van der Waals surface area contributed by atoms with Crippen molar-refractivity contribution in [3.63, 3.8) is 0 Å². The van der Waals surface area contributed by atoms with E-state index in [1.807, 2.05) is 6.07 Å². The van der Waals surface area contributed by atoms with Crippen molar-refractivity contribution in [1.29, 1.82) is 0 Å². The van der Waals surface area contributed by atoms with Crippen LogP contribution in [0.4, 0.5) is 0 Å². The van der Waals surface area contributed by atoms with Gasteiger partial charge in [-0.3, -0.25) is 0 Å². The third-order valence-electron chi connectivity index (χ3n) is 3.47. The Morgan fingerprint density at radius 1 is 1.53 bits per heavy atom. The van der Waals surface area contributed by atoms with Gasteiger partial charge in [-0.1, -0.05) is 6.92 Å². The Hall–Kier alpha value is -0.800. The highest BCUT2D eigenvalue weighted by Crippen LogP contribution is 2.20. The summed E-state index contributed by atoms with van der Waals surface area (Å²) in [5.74, 6) is 1.77. The van der Waals surface area contributed by atoms with Crippen LogP contribution < -0.4 is 5.32 Å². The lowest BCUT2D eigenvalue weighted by Gasteiger charge is -2.23. The molecule has 1 saturated heterocycles. The molecule has 0 radical (unpaired) electrons. The van der Waals surface area contributed by atoms with E-state index in [2.05, 4.69) is 18.3 Å². The largest absolute Gasteiger partial charge is 0.469 e. The van der Waals surface area contributed by atoms with Gasteiger partial charge in [-0.15, -0.1) is 0 Å². The van der Waals surface area contributed by atoms with Crippen LogP contribution >= 0.6 is 0 Å². The topological polar surface area (TPSA) is 34.4 Å². The van der Waals surface area contributed by atoms with Gasteiger partial charge in [0.25, 0.3) is 0 Å². The molecule has 2 heterocycles. The molecule has 1 aliphatic rings. The lowest BCUT2D eigenvalue weighted by molar-refractivity contribution is 0.175. The number of furan rings is 1. The average Bonchev–Trinajstić information content (AvgIpc) is 3.01. The second-order valence-electron chi connectivity index (χ2n) is 4.80. The highest BCUT2D eigenvalue weighted by atomic mass is 16.5. The number of hydrogen-bond acceptors (Lipinski definition) is 3. The zero-order valence-corrected chi connectivity index (χ0v) is 10.7. The molecule has 2 unspecified atom stereocenters. The maximum Gasteiger partial charge on any atom is 0.103 e. The summed E-state index contributed by atoms with van der Waals surface area (Å²) >= 11 is 0. The first-order valence-corrected chi connectivity index (χ1v) is 6.73. The van der Waals surface area contributed by atoms with Crippen molar-refractivity contribution in [3.8, 4) is 0 Å². The van der Waals surface area contributed by atoms with Gasteiger partial charge in [0.15, 0.2) is 0 Å². The monoisotopic (exact) mass is 237 g/mol. The lowest BCUT2D eigenvalue weighted by Crippen LogP contribution is -2.37. The van der Waals surface area contributed by atoms with Crippen LogP contribution in [-0.2, 0) is 11.2 Å². The van der Waals surface area contributed by atoms with E-state index in [9.17, 15) is 0 Å². The minimum absolute atomic E-state index is 0.572. The molecule has 0 bridgehead atoms. The van der Waals surface area contributed by atoms with Crippen LogP contribution in [0.25, 0.3) is 0 Å². The quantitative estimate of drug-likeness (QED) is 0.791. The first kappa shape index (κ1) is 12.7. The van der Waals surface area contributed by atoms with E-state index in [-0.39, 0.29) is 0 Å². The maximum absolute atomic E-state index is 5.49. The molecule has 3 heteroatoms. The Bertz CT molecular complexity index is 291. The molecule has 1 N–H and O–H groups in total. The Morgan fingerprint density at radius 2 is 2.47 bits per heavy atom. The second-order valence-corrected chi connectivity index (χ2v) is 4.80. The number of ether oxygens (including phenoxy) is 1. The van der Waals surface area contributed by atoms with E-state index in [0.29, 0.717) is 12.0 Å². The molecule has 0 spiro atoms. The predicted octanol–water partition coefficient (Wildman–Crippen LogP) is 2.62. The van der Waals surface area contributed by atoms with Gasteiger partial charge < -0.3 is 14.5 Å². The number of hydrogen-bond donors (Lipinski definition) is 1. The molecule has 0 aromatic carbocycles. The van der Waals surface area contributed by atoms with Crippen LogP contribution in [0, 0.1) is 5.92 Å². The molecule has 0 saturated carbocycles. The number of rotatable bonds is 7. The molecule has 1 aliphatic heterocycles. The van der Waals surface area contributed by atoms with Crippen molar-refractivity contribution in [2.45, 2.75) is 38.6 Å². The van der Waals surface area contributed by atoms with Crippen LogP contribution in [0.15, 0.2) is 22.8 Å².